The number of nitrogens with zero attached hydrogens (tertiary/aromatic N) is 3. The van der Waals surface area contributed by atoms with E-state index in [1.807, 2.05) is 6.92 Å². The lowest BCUT2D eigenvalue weighted by Gasteiger charge is -2.14. The maximum absolute atomic E-state index is 13.0. The van der Waals surface area contributed by atoms with Crippen LogP contribution in [0.1, 0.15) is 40.0 Å². The van der Waals surface area contributed by atoms with Gasteiger partial charge in [0.05, 0.1) is 5.75 Å². The number of amides is 1. The number of carbonyl (C=O) groups is 1. The van der Waals surface area contributed by atoms with E-state index < -0.39 is 0 Å². The largest absolute Gasteiger partial charge is 0.353 e. The SMILES string of the molecule is CC(C)CCC[C@@H](C)NC(=O)CSc1nnc(-c2ccc(F)cc2)n1N. The molecule has 2 aromatic rings. The molecule has 8 heteroatoms. The smallest absolute Gasteiger partial charge is 0.230 e. The Morgan fingerprint density at radius 3 is 2.58 bits per heavy atom. The van der Waals surface area contributed by atoms with Gasteiger partial charge in [0.15, 0.2) is 5.82 Å². The van der Waals surface area contributed by atoms with Crippen molar-refractivity contribution in [1.82, 2.24) is 20.2 Å². The number of hydrogen-bond donors (Lipinski definition) is 2. The highest BCUT2D eigenvalue weighted by atomic mass is 32.2. The summed E-state index contributed by atoms with van der Waals surface area (Å²) >= 11 is 1.22. The number of halogens is 1. The Hall–Kier alpha value is -2.09. The number of benzene rings is 1. The number of aromatic nitrogens is 3. The van der Waals surface area contributed by atoms with Crippen molar-refractivity contribution in [2.24, 2.45) is 5.92 Å². The number of carbonyl (C=O) groups excluding carboxylic acids is 1. The van der Waals surface area contributed by atoms with Crippen molar-refractivity contribution in [3.8, 4) is 11.4 Å². The van der Waals surface area contributed by atoms with Crippen molar-refractivity contribution in [2.45, 2.75) is 51.2 Å². The molecule has 1 amide bonds. The van der Waals surface area contributed by atoms with Gasteiger partial charge < -0.3 is 11.2 Å². The molecule has 2 rings (SSSR count). The van der Waals surface area contributed by atoms with Gasteiger partial charge in [-0.1, -0.05) is 38.5 Å². The van der Waals surface area contributed by atoms with Crippen LogP contribution in [0.5, 0.6) is 0 Å². The molecule has 6 nitrogen and oxygen atoms in total. The Morgan fingerprint density at radius 2 is 1.92 bits per heavy atom. The van der Waals surface area contributed by atoms with Crippen LogP contribution in [0, 0.1) is 11.7 Å². The van der Waals surface area contributed by atoms with Gasteiger partial charge in [0, 0.05) is 11.6 Å². The summed E-state index contributed by atoms with van der Waals surface area (Å²) < 4.78 is 14.3. The molecule has 0 saturated heterocycles. The number of rotatable bonds is 9. The van der Waals surface area contributed by atoms with Gasteiger partial charge >= 0.3 is 0 Å². The van der Waals surface area contributed by atoms with E-state index in [4.69, 9.17) is 5.84 Å². The fourth-order valence-electron chi connectivity index (χ4n) is 2.52. The molecule has 0 aliphatic rings. The molecule has 1 aromatic heterocycles. The summed E-state index contributed by atoms with van der Waals surface area (Å²) in [4.78, 5) is 12.1. The molecule has 0 radical (unpaired) electrons. The Morgan fingerprint density at radius 1 is 1.23 bits per heavy atom. The van der Waals surface area contributed by atoms with E-state index in [0.29, 0.717) is 22.5 Å². The van der Waals surface area contributed by atoms with Gasteiger partial charge in [-0.2, -0.15) is 0 Å². The molecule has 0 spiro atoms. The standard InChI is InChI=1S/C18H26FN5OS/c1-12(2)5-4-6-13(3)21-16(25)11-26-18-23-22-17(24(18)20)14-7-9-15(19)10-8-14/h7-10,12-13H,4-6,11,20H2,1-3H3,(H,21,25)/t13-/m1/s1. The van der Waals surface area contributed by atoms with Crippen LogP contribution in [0.15, 0.2) is 29.4 Å². The van der Waals surface area contributed by atoms with Gasteiger partial charge in [-0.3, -0.25) is 4.79 Å². The molecule has 142 valence electrons. The summed E-state index contributed by atoms with van der Waals surface area (Å²) in [5, 5.41) is 11.5. The summed E-state index contributed by atoms with van der Waals surface area (Å²) in [7, 11) is 0. The van der Waals surface area contributed by atoms with Gasteiger partial charge in [0.2, 0.25) is 11.1 Å². The average molecular weight is 380 g/mol. The van der Waals surface area contributed by atoms with Crippen molar-refractivity contribution in [1.29, 1.82) is 0 Å². The minimum absolute atomic E-state index is 0.0571. The zero-order valence-electron chi connectivity index (χ0n) is 15.4. The van der Waals surface area contributed by atoms with Crippen molar-refractivity contribution in [3.05, 3.63) is 30.1 Å². The first kappa shape index (κ1) is 20.2. The molecule has 3 N–H and O–H groups in total. The number of thioether (sulfide) groups is 1. The van der Waals surface area contributed by atoms with Crippen molar-refractivity contribution in [3.63, 3.8) is 0 Å². The highest BCUT2D eigenvalue weighted by Gasteiger charge is 2.15. The summed E-state index contributed by atoms with van der Waals surface area (Å²) in [6.07, 6.45) is 3.23. The first-order chi connectivity index (χ1) is 12.4. The Labute approximate surface area is 157 Å². The van der Waals surface area contributed by atoms with E-state index >= 15 is 0 Å². The van der Waals surface area contributed by atoms with Crippen LogP contribution in [0.4, 0.5) is 4.39 Å². The molecule has 0 saturated carbocycles. The summed E-state index contributed by atoms with van der Waals surface area (Å²) in [6, 6.07) is 5.99. The molecule has 0 fully saturated rings. The molecule has 0 unspecified atom stereocenters. The topological polar surface area (TPSA) is 85.8 Å². The first-order valence-corrected chi connectivity index (χ1v) is 9.74. The van der Waals surface area contributed by atoms with Crippen LogP contribution in [-0.4, -0.2) is 32.6 Å². The quantitative estimate of drug-likeness (QED) is 0.516. The number of nitrogen functional groups attached to an aromatic ring is 1. The minimum Gasteiger partial charge on any atom is -0.353 e. The monoisotopic (exact) mass is 379 g/mol. The minimum atomic E-state index is -0.328. The molecule has 26 heavy (non-hydrogen) atoms. The fourth-order valence-corrected chi connectivity index (χ4v) is 3.19. The van der Waals surface area contributed by atoms with Crippen molar-refractivity contribution < 1.29 is 9.18 Å². The molecular weight excluding hydrogens is 353 g/mol. The van der Waals surface area contributed by atoms with E-state index in [0.717, 1.165) is 19.3 Å². The average Bonchev–Trinajstić information content (AvgIpc) is 2.94. The third kappa shape index (κ3) is 6.01. The van der Waals surface area contributed by atoms with E-state index in [-0.39, 0.29) is 23.5 Å². The third-order valence-electron chi connectivity index (χ3n) is 3.93. The predicted octanol–water partition coefficient (Wildman–Crippen LogP) is 3.22. The van der Waals surface area contributed by atoms with Crippen molar-refractivity contribution in [2.75, 3.05) is 11.6 Å². The van der Waals surface area contributed by atoms with Gasteiger partial charge in [0.1, 0.15) is 5.82 Å². The molecule has 0 aliphatic heterocycles. The predicted molar refractivity (Wildman–Crippen MR) is 103 cm³/mol. The molecule has 0 aliphatic carbocycles. The number of nitrogens with one attached hydrogen (secondary N) is 1. The lowest BCUT2D eigenvalue weighted by Crippen LogP contribution is -2.34. The molecular formula is C18H26FN5OS. The number of hydrogen-bond acceptors (Lipinski definition) is 5. The second-order valence-corrected chi connectivity index (χ2v) is 7.71. The summed E-state index contributed by atoms with van der Waals surface area (Å²) in [6.45, 7) is 6.41. The highest BCUT2D eigenvalue weighted by Crippen LogP contribution is 2.21. The first-order valence-electron chi connectivity index (χ1n) is 8.75. The molecule has 1 aromatic carbocycles. The Bertz CT molecular complexity index is 717. The zero-order chi connectivity index (χ0) is 19.1. The maximum atomic E-state index is 13.0. The van der Waals surface area contributed by atoms with Gasteiger partial charge in [-0.15, -0.1) is 10.2 Å². The highest BCUT2D eigenvalue weighted by molar-refractivity contribution is 7.99. The zero-order valence-corrected chi connectivity index (χ0v) is 16.2. The molecule has 0 bridgehead atoms. The Balaban J connectivity index is 1.84. The van der Waals surface area contributed by atoms with Crippen LogP contribution in [0.3, 0.4) is 0 Å². The summed E-state index contributed by atoms with van der Waals surface area (Å²) in [5.74, 6) is 6.94. The van der Waals surface area contributed by atoms with Crippen LogP contribution >= 0.6 is 11.8 Å². The second kappa shape index (κ2) is 9.56. The van der Waals surface area contributed by atoms with Crippen LogP contribution < -0.4 is 11.2 Å². The fraction of sp³-hybridized carbons (Fsp3) is 0.500. The summed E-state index contributed by atoms with van der Waals surface area (Å²) in [5.41, 5.74) is 0.663. The third-order valence-corrected chi connectivity index (χ3v) is 4.87. The van der Waals surface area contributed by atoms with Gasteiger partial charge in [0.25, 0.3) is 0 Å². The number of nitrogens with two attached hydrogens (primary N) is 1. The molecule has 1 atom stereocenters. The van der Waals surface area contributed by atoms with E-state index in [9.17, 15) is 9.18 Å². The normalized spacial score (nSPS) is 12.3. The van der Waals surface area contributed by atoms with Crippen molar-refractivity contribution >= 4 is 17.7 Å². The van der Waals surface area contributed by atoms with Crippen LogP contribution in [-0.2, 0) is 4.79 Å². The van der Waals surface area contributed by atoms with Crippen LogP contribution in [0.2, 0.25) is 0 Å². The van der Waals surface area contributed by atoms with E-state index in [2.05, 4.69) is 29.4 Å². The van der Waals surface area contributed by atoms with E-state index in [1.165, 1.54) is 28.6 Å². The van der Waals surface area contributed by atoms with E-state index in [1.54, 1.807) is 12.1 Å². The maximum Gasteiger partial charge on any atom is 0.230 e. The van der Waals surface area contributed by atoms with Crippen LogP contribution in [0.25, 0.3) is 11.4 Å². The lowest BCUT2D eigenvalue weighted by atomic mass is 10.0. The lowest BCUT2D eigenvalue weighted by molar-refractivity contribution is -0.119. The Kier molecular flexibility index (Phi) is 7.44. The van der Waals surface area contributed by atoms with Gasteiger partial charge in [-0.05, 0) is 43.5 Å². The van der Waals surface area contributed by atoms with Gasteiger partial charge in [-0.25, -0.2) is 9.07 Å². The molecule has 1 heterocycles. The second-order valence-electron chi connectivity index (χ2n) is 6.77.